The Hall–Kier alpha value is -2.34. The fourth-order valence-corrected chi connectivity index (χ4v) is 2.77. The Balaban J connectivity index is 2.06. The van der Waals surface area contributed by atoms with Gasteiger partial charge in [0.2, 0.25) is 0 Å². The molecule has 5 nitrogen and oxygen atoms in total. The molecule has 0 fully saturated rings. The fraction of sp³-hybridized carbons (Fsp3) is 0.235. The van der Waals surface area contributed by atoms with E-state index in [2.05, 4.69) is 5.32 Å². The largest absolute Gasteiger partial charge is 0.351 e. The molecule has 0 saturated carbocycles. The maximum Gasteiger partial charge on any atom is 0.283 e. The van der Waals surface area contributed by atoms with Gasteiger partial charge in [-0.15, -0.1) is 11.8 Å². The minimum absolute atomic E-state index is 0.0405. The highest BCUT2D eigenvalue weighted by molar-refractivity contribution is 7.98. The van der Waals surface area contributed by atoms with E-state index in [-0.39, 0.29) is 17.5 Å². The lowest BCUT2D eigenvalue weighted by Crippen LogP contribution is -2.27. The fourth-order valence-electron chi connectivity index (χ4n) is 2.22. The smallest absolute Gasteiger partial charge is 0.283 e. The number of carbonyl (C=O) groups is 1. The Bertz CT molecular complexity index is 704. The topological polar surface area (TPSA) is 72.2 Å². The zero-order valence-corrected chi connectivity index (χ0v) is 13.8. The van der Waals surface area contributed by atoms with Gasteiger partial charge in [-0.3, -0.25) is 14.9 Å². The molecule has 120 valence electrons. The Morgan fingerprint density at radius 2 is 1.96 bits per heavy atom. The van der Waals surface area contributed by atoms with Gasteiger partial charge in [-0.1, -0.05) is 37.3 Å². The van der Waals surface area contributed by atoms with Crippen molar-refractivity contribution in [2.75, 3.05) is 12.8 Å². The van der Waals surface area contributed by atoms with Crippen LogP contribution in [0.1, 0.15) is 28.8 Å². The van der Waals surface area contributed by atoms with Crippen LogP contribution in [0, 0.1) is 10.1 Å². The van der Waals surface area contributed by atoms with Gasteiger partial charge in [-0.05, 0) is 29.9 Å². The number of hydrogen-bond acceptors (Lipinski definition) is 4. The molecule has 1 unspecified atom stereocenters. The number of amides is 1. The summed E-state index contributed by atoms with van der Waals surface area (Å²) in [5.41, 5.74) is 1.40. The first-order chi connectivity index (χ1) is 11.0. The predicted octanol–water partition coefficient (Wildman–Crippen LogP) is 3.85. The van der Waals surface area contributed by atoms with Crippen molar-refractivity contribution in [3.8, 4) is 0 Å². The van der Waals surface area contributed by atoms with E-state index in [0.717, 1.165) is 5.56 Å². The number of nitrogens with zero attached hydrogens (tertiary/aromatic N) is 1. The third-order valence-electron chi connectivity index (χ3n) is 3.58. The molecular formula is C17H18N2O3S. The number of nitro benzene ring substituents is 1. The molecule has 0 heterocycles. The number of benzene rings is 2. The van der Waals surface area contributed by atoms with Crippen molar-refractivity contribution in [2.24, 2.45) is 0 Å². The van der Waals surface area contributed by atoms with E-state index < -0.39 is 4.92 Å². The van der Waals surface area contributed by atoms with Gasteiger partial charge in [0, 0.05) is 18.2 Å². The molecule has 1 atom stereocenters. The minimum Gasteiger partial charge on any atom is -0.351 e. The average Bonchev–Trinajstić information content (AvgIpc) is 2.59. The van der Waals surface area contributed by atoms with E-state index in [9.17, 15) is 14.9 Å². The highest BCUT2D eigenvalue weighted by Gasteiger charge is 2.17. The molecule has 0 radical (unpaired) electrons. The molecule has 2 aromatic rings. The average molecular weight is 330 g/mol. The highest BCUT2D eigenvalue weighted by Crippen LogP contribution is 2.28. The summed E-state index contributed by atoms with van der Waals surface area (Å²) in [6.07, 6.45) is 1.77. The van der Waals surface area contributed by atoms with Gasteiger partial charge in [-0.25, -0.2) is 0 Å². The van der Waals surface area contributed by atoms with Gasteiger partial charge in [0.25, 0.3) is 11.6 Å². The normalized spacial score (nSPS) is 11.7. The number of nitrogens with one attached hydrogen (secondary N) is 1. The zero-order valence-electron chi connectivity index (χ0n) is 13.0. The van der Waals surface area contributed by atoms with Gasteiger partial charge in [0.15, 0.2) is 0 Å². The Morgan fingerprint density at radius 1 is 1.26 bits per heavy atom. The van der Waals surface area contributed by atoms with Crippen molar-refractivity contribution in [3.63, 3.8) is 0 Å². The van der Waals surface area contributed by atoms with Crippen molar-refractivity contribution in [2.45, 2.75) is 17.7 Å². The van der Waals surface area contributed by atoms with Gasteiger partial charge in [0.05, 0.1) is 9.82 Å². The van der Waals surface area contributed by atoms with Crippen LogP contribution in [-0.2, 0) is 0 Å². The van der Waals surface area contributed by atoms with Gasteiger partial charge >= 0.3 is 0 Å². The first-order valence-electron chi connectivity index (χ1n) is 7.18. The van der Waals surface area contributed by atoms with E-state index in [1.807, 2.05) is 37.3 Å². The standard InChI is InChI=1S/C17H18N2O3S/c1-12(13-6-4-3-5-7-13)11-18-17(20)14-8-9-16(23-2)15(10-14)19(21)22/h3-10,12H,11H2,1-2H3,(H,18,20). The second kappa shape index (κ2) is 7.78. The summed E-state index contributed by atoms with van der Waals surface area (Å²) in [6.45, 7) is 2.50. The Morgan fingerprint density at radius 3 is 2.57 bits per heavy atom. The summed E-state index contributed by atoms with van der Waals surface area (Å²) >= 11 is 1.29. The molecular weight excluding hydrogens is 312 g/mol. The molecule has 2 rings (SSSR count). The number of carbonyl (C=O) groups excluding carboxylic acids is 1. The van der Waals surface area contributed by atoms with Crippen molar-refractivity contribution in [3.05, 3.63) is 69.8 Å². The van der Waals surface area contributed by atoms with Crippen LogP contribution in [0.15, 0.2) is 53.4 Å². The molecule has 0 aromatic heterocycles. The lowest BCUT2D eigenvalue weighted by Gasteiger charge is -2.13. The minimum atomic E-state index is -0.463. The molecule has 1 N–H and O–H groups in total. The summed E-state index contributed by atoms with van der Waals surface area (Å²) in [7, 11) is 0. The lowest BCUT2D eigenvalue weighted by atomic mass is 10.0. The van der Waals surface area contributed by atoms with Crippen LogP contribution in [0.5, 0.6) is 0 Å². The predicted molar refractivity (Wildman–Crippen MR) is 92.1 cm³/mol. The molecule has 2 aromatic carbocycles. The third-order valence-corrected chi connectivity index (χ3v) is 4.36. The second-order valence-electron chi connectivity index (χ2n) is 5.17. The highest BCUT2D eigenvalue weighted by atomic mass is 32.2. The van der Waals surface area contributed by atoms with Gasteiger partial charge in [-0.2, -0.15) is 0 Å². The van der Waals surface area contributed by atoms with Crippen molar-refractivity contribution in [1.29, 1.82) is 0 Å². The summed E-state index contributed by atoms with van der Waals surface area (Å²) in [5, 5.41) is 13.9. The molecule has 0 aliphatic rings. The second-order valence-corrected chi connectivity index (χ2v) is 6.01. The zero-order chi connectivity index (χ0) is 16.8. The molecule has 0 saturated heterocycles. The van der Waals surface area contributed by atoms with Gasteiger partial charge < -0.3 is 5.32 Å². The number of thioether (sulfide) groups is 1. The first-order valence-corrected chi connectivity index (χ1v) is 8.41. The van der Waals surface area contributed by atoms with Crippen molar-refractivity contribution < 1.29 is 9.72 Å². The maximum atomic E-state index is 12.2. The molecule has 0 bridgehead atoms. The van der Waals surface area contributed by atoms with Crippen LogP contribution in [0.3, 0.4) is 0 Å². The molecule has 0 aliphatic heterocycles. The summed E-state index contributed by atoms with van der Waals surface area (Å²) in [5.74, 6) is -0.135. The maximum absolute atomic E-state index is 12.2. The molecule has 0 spiro atoms. The Labute approximate surface area is 139 Å². The molecule has 0 aliphatic carbocycles. The van der Waals surface area contributed by atoms with Crippen LogP contribution in [0.2, 0.25) is 0 Å². The first kappa shape index (κ1) is 17.0. The lowest BCUT2D eigenvalue weighted by molar-refractivity contribution is -0.387. The molecule has 1 amide bonds. The SMILES string of the molecule is CSc1ccc(C(=O)NCC(C)c2ccccc2)cc1[N+](=O)[O-]. The summed E-state index contributed by atoms with van der Waals surface area (Å²) < 4.78 is 0. The number of hydrogen-bond donors (Lipinski definition) is 1. The van der Waals surface area contributed by atoms with Crippen LogP contribution < -0.4 is 5.32 Å². The van der Waals surface area contributed by atoms with E-state index in [1.54, 1.807) is 18.4 Å². The van der Waals surface area contributed by atoms with Crippen LogP contribution in [0.4, 0.5) is 5.69 Å². The van der Waals surface area contributed by atoms with E-state index in [0.29, 0.717) is 17.0 Å². The van der Waals surface area contributed by atoms with Crippen LogP contribution >= 0.6 is 11.8 Å². The van der Waals surface area contributed by atoms with Gasteiger partial charge in [0.1, 0.15) is 0 Å². The van der Waals surface area contributed by atoms with Crippen molar-refractivity contribution >= 4 is 23.4 Å². The molecule has 6 heteroatoms. The quantitative estimate of drug-likeness (QED) is 0.496. The van der Waals surface area contributed by atoms with Crippen LogP contribution in [0.25, 0.3) is 0 Å². The third kappa shape index (κ3) is 4.32. The summed E-state index contributed by atoms with van der Waals surface area (Å²) in [4.78, 5) is 23.4. The monoisotopic (exact) mass is 330 g/mol. The number of nitro groups is 1. The summed E-state index contributed by atoms with van der Waals surface area (Å²) in [6, 6.07) is 14.4. The van der Waals surface area contributed by atoms with E-state index >= 15 is 0 Å². The van der Waals surface area contributed by atoms with E-state index in [4.69, 9.17) is 0 Å². The van der Waals surface area contributed by atoms with Crippen LogP contribution in [-0.4, -0.2) is 23.6 Å². The number of rotatable bonds is 6. The molecule has 23 heavy (non-hydrogen) atoms. The Kier molecular flexibility index (Phi) is 5.76. The van der Waals surface area contributed by atoms with E-state index in [1.165, 1.54) is 17.8 Å². The van der Waals surface area contributed by atoms with Crippen molar-refractivity contribution in [1.82, 2.24) is 5.32 Å².